The second-order valence-electron chi connectivity index (χ2n) is 10.8. The number of amides is 1. The molecule has 1 saturated heterocycles. The zero-order valence-corrected chi connectivity index (χ0v) is 26.0. The van der Waals surface area contributed by atoms with Crippen molar-refractivity contribution in [3.05, 3.63) is 106 Å². The fourth-order valence-electron chi connectivity index (χ4n) is 5.28. The number of hydrogen-bond acceptors (Lipinski definition) is 10. The van der Waals surface area contributed by atoms with Gasteiger partial charge >= 0.3 is 17.8 Å². The number of fused-ring (bicyclic) bond motifs is 1. The normalized spacial score (nSPS) is 17.6. The molecule has 3 aromatic carbocycles. The Balaban J connectivity index is 1.36. The first-order valence-electron chi connectivity index (χ1n) is 14.9. The zero-order valence-electron chi connectivity index (χ0n) is 25.2. The molecule has 1 aliphatic heterocycles. The third-order valence-corrected chi connectivity index (χ3v) is 9.01. The first-order chi connectivity index (χ1) is 21.8. The van der Waals surface area contributed by atoms with E-state index in [2.05, 4.69) is 11.4 Å². The number of nitrogens with zero attached hydrogens (tertiary/aromatic N) is 1. The molecule has 0 aliphatic carbocycles. The van der Waals surface area contributed by atoms with E-state index in [1.54, 1.807) is 18.7 Å². The minimum absolute atomic E-state index is 0.107. The molecule has 45 heavy (non-hydrogen) atoms. The van der Waals surface area contributed by atoms with E-state index in [1.807, 2.05) is 66.7 Å². The summed E-state index contributed by atoms with van der Waals surface area (Å²) in [4.78, 5) is 52.9. The maximum Gasteiger partial charge on any atom is 0.519 e. The van der Waals surface area contributed by atoms with E-state index in [-0.39, 0.29) is 49.0 Å². The summed E-state index contributed by atoms with van der Waals surface area (Å²) < 4.78 is 20.5. The number of thioether (sulfide) groups is 1. The Morgan fingerprint density at radius 2 is 1.76 bits per heavy atom. The molecular formula is C34H36N2O8S. The molecule has 1 fully saturated rings. The lowest BCUT2D eigenvalue weighted by atomic mass is 10.0. The molecule has 1 N–H and O–H groups in total. The Morgan fingerprint density at radius 3 is 2.49 bits per heavy atom. The summed E-state index contributed by atoms with van der Waals surface area (Å²) in [5.41, 5.74) is 2.09. The van der Waals surface area contributed by atoms with Crippen molar-refractivity contribution in [3.8, 4) is 0 Å². The van der Waals surface area contributed by atoms with Gasteiger partial charge in [0.1, 0.15) is 12.6 Å². The third kappa shape index (κ3) is 8.43. The van der Waals surface area contributed by atoms with Crippen LogP contribution in [0.25, 0.3) is 10.8 Å². The van der Waals surface area contributed by atoms with E-state index in [4.69, 9.17) is 18.3 Å². The highest BCUT2D eigenvalue weighted by molar-refractivity contribution is 7.99. The highest BCUT2D eigenvalue weighted by atomic mass is 32.2. The van der Waals surface area contributed by atoms with Gasteiger partial charge in [0, 0.05) is 17.5 Å². The molecule has 3 unspecified atom stereocenters. The summed E-state index contributed by atoms with van der Waals surface area (Å²) in [5, 5.41) is 5.31. The molecule has 1 aromatic heterocycles. The summed E-state index contributed by atoms with van der Waals surface area (Å²) in [6, 6.07) is 22.6. The number of hydrogen-bond donors (Lipinski definition) is 1. The second-order valence-corrected chi connectivity index (χ2v) is 12.0. The van der Waals surface area contributed by atoms with E-state index in [1.165, 1.54) is 11.8 Å². The number of carbonyl (C=O) groups excluding carboxylic acids is 3. The van der Waals surface area contributed by atoms with E-state index >= 15 is 0 Å². The van der Waals surface area contributed by atoms with E-state index in [9.17, 15) is 19.2 Å². The van der Waals surface area contributed by atoms with Crippen molar-refractivity contribution in [2.75, 3.05) is 25.4 Å². The van der Waals surface area contributed by atoms with E-state index < -0.39 is 29.8 Å². The molecule has 0 saturated carbocycles. The standard InChI is InChI=1S/C34H36N2O8S/c1-3-41-33(39)27(16-13-23-9-5-4-6-10-23)35-28-21-45-30(26-15-14-24-11-7-8-12-25(24)17-26)18-36(32(28)38)19-31(37)42-20-29-22(2)43-34(40)44-29/h4-12,14-15,17,27-28,30,35H,3,13,16,18-21H2,1-2H3. The van der Waals surface area contributed by atoms with Gasteiger partial charge in [-0.1, -0.05) is 66.7 Å². The van der Waals surface area contributed by atoms with Gasteiger partial charge in [0.15, 0.2) is 18.1 Å². The largest absolute Gasteiger partial charge is 0.519 e. The van der Waals surface area contributed by atoms with Crippen LogP contribution in [0.15, 0.2) is 86.4 Å². The number of ether oxygens (including phenoxy) is 2. The van der Waals surface area contributed by atoms with Crippen LogP contribution in [0.2, 0.25) is 0 Å². The van der Waals surface area contributed by atoms with Gasteiger partial charge in [-0.25, -0.2) is 4.79 Å². The van der Waals surface area contributed by atoms with Crippen molar-refractivity contribution in [2.24, 2.45) is 0 Å². The van der Waals surface area contributed by atoms with Crippen LogP contribution < -0.4 is 11.1 Å². The Hall–Kier alpha value is -4.35. The maximum absolute atomic E-state index is 14.0. The van der Waals surface area contributed by atoms with Crippen LogP contribution in [0.1, 0.15) is 41.2 Å². The molecule has 10 nitrogen and oxygen atoms in total. The van der Waals surface area contributed by atoms with Gasteiger partial charge < -0.3 is 23.2 Å². The summed E-state index contributed by atoms with van der Waals surface area (Å²) in [7, 11) is 0. The molecule has 0 radical (unpaired) electrons. The highest BCUT2D eigenvalue weighted by Crippen LogP contribution is 2.35. The van der Waals surface area contributed by atoms with Gasteiger partial charge in [-0.05, 0) is 54.7 Å². The molecular weight excluding hydrogens is 596 g/mol. The Bertz CT molecular complexity index is 1680. The van der Waals surface area contributed by atoms with Crippen LogP contribution in [-0.2, 0) is 36.9 Å². The first-order valence-corrected chi connectivity index (χ1v) is 16.0. The van der Waals surface area contributed by atoms with Gasteiger partial charge in [0.25, 0.3) is 0 Å². The molecule has 236 valence electrons. The van der Waals surface area contributed by atoms with Crippen molar-refractivity contribution < 1.29 is 32.7 Å². The van der Waals surface area contributed by atoms with Gasteiger partial charge in [-0.15, -0.1) is 11.8 Å². The van der Waals surface area contributed by atoms with Crippen LogP contribution in [0.3, 0.4) is 0 Å². The summed E-state index contributed by atoms with van der Waals surface area (Å²) in [6.07, 6.45) is 1.05. The number of carbonyl (C=O) groups is 3. The Kier molecular flexibility index (Phi) is 10.7. The molecule has 1 aliphatic rings. The van der Waals surface area contributed by atoms with Crippen molar-refractivity contribution in [1.82, 2.24) is 10.2 Å². The first kappa shape index (κ1) is 32.1. The monoisotopic (exact) mass is 632 g/mol. The van der Waals surface area contributed by atoms with Crippen molar-refractivity contribution in [1.29, 1.82) is 0 Å². The average Bonchev–Trinajstić information content (AvgIpc) is 3.29. The number of esters is 2. The third-order valence-electron chi connectivity index (χ3n) is 7.66. The second kappa shape index (κ2) is 15.1. The SMILES string of the molecule is CCOC(=O)C(CCc1ccccc1)NC1CSC(c2ccc3ccccc3c2)CN(CC(=O)OCc2oc(=O)oc2C)C1=O. The lowest BCUT2D eigenvalue weighted by molar-refractivity contribution is -0.152. The lowest BCUT2D eigenvalue weighted by Crippen LogP contribution is -2.53. The Labute approximate surface area is 265 Å². The van der Waals surface area contributed by atoms with Crippen LogP contribution in [-0.4, -0.2) is 60.3 Å². The van der Waals surface area contributed by atoms with Crippen LogP contribution >= 0.6 is 11.8 Å². The molecule has 3 atom stereocenters. The smallest absolute Gasteiger partial charge is 0.465 e. The fourth-order valence-corrected chi connectivity index (χ4v) is 6.57. The topological polar surface area (TPSA) is 128 Å². The number of benzene rings is 3. The van der Waals surface area contributed by atoms with Crippen molar-refractivity contribution in [3.63, 3.8) is 0 Å². The van der Waals surface area contributed by atoms with Crippen LogP contribution in [0, 0.1) is 6.92 Å². The molecule has 1 amide bonds. The van der Waals surface area contributed by atoms with Gasteiger partial charge in [0.05, 0.1) is 12.6 Å². The minimum Gasteiger partial charge on any atom is -0.465 e. The lowest BCUT2D eigenvalue weighted by Gasteiger charge is -2.27. The van der Waals surface area contributed by atoms with E-state index in [0.717, 1.165) is 21.9 Å². The van der Waals surface area contributed by atoms with Gasteiger partial charge in [0.2, 0.25) is 5.91 Å². The molecule has 5 rings (SSSR count). The quantitative estimate of drug-likeness (QED) is 0.222. The molecule has 0 bridgehead atoms. The van der Waals surface area contributed by atoms with Crippen LogP contribution in [0.5, 0.6) is 0 Å². The summed E-state index contributed by atoms with van der Waals surface area (Å²) >= 11 is 1.59. The maximum atomic E-state index is 14.0. The van der Waals surface area contributed by atoms with E-state index in [0.29, 0.717) is 18.6 Å². The molecule has 11 heteroatoms. The number of nitrogens with one attached hydrogen (secondary N) is 1. The number of aryl methyl sites for hydroxylation is 2. The molecule has 2 heterocycles. The minimum atomic E-state index is -0.881. The predicted molar refractivity (Wildman–Crippen MR) is 170 cm³/mol. The average molecular weight is 633 g/mol. The Morgan fingerprint density at radius 1 is 1.00 bits per heavy atom. The zero-order chi connectivity index (χ0) is 31.8. The van der Waals surface area contributed by atoms with Crippen molar-refractivity contribution >= 4 is 40.4 Å². The predicted octanol–water partition coefficient (Wildman–Crippen LogP) is 4.58. The molecule has 4 aromatic rings. The number of rotatable bonds is 12. The fraction of sp³-hybridized carbons (Fsp3) is 0.353. The van der Waals surface area contributed by atoms with Gasteiger partial charge in [-0.3, -0.25) is 19.7 Å². The van der Waals surface area contributed by atoms with Crippen LogP contribution in [0.4, 0.5) is 0 Å². The highest BCUT2D eigenvalue weighted by Gasteiger charge is 2.36. The molecule has 0 spiro atoms. The summed E-state index contributed by atoms with van der Waals surface area (Å²) in [6.45, 7) is 3.13. The van der Waals surface area contributed by atoms with Crippen molar-refractivity contribution in [2.45, 2.75) is 50.6 Å². The summed E-state index contributed by atoms with van der Waals surface area (Å²) in [5.74, 6) is -1.59. The van der Waals surface area contributed by atoms with Gasteiger partial charge in [-0.2, -0.15) is 0 Å².